The first-order chi connectivity index (χ1) is 11.7. The normalized spacial score (nSPS) is 26.8. The van der Waals surface area contributed by atoms with Crippen LogP contribution in [0.2, 0.25) is 0 Å². The number of esters is 1. The lowest BCUT2D eigenvalue weighted by atomic mass is 9.77. The summed E-state index contributed by atoms with van der Waals surface area (Å²) < 4.78 is 17.2. The van der Waals surface area contributed by atoms with Gasteiger partial charge in [-0.05, 0) is 44.9 Å². The number of benzene rings is 1. The first-order valence-corrected chi connectivity index (χ1v) is 8.95. The number of nitrogens with zero attached hydrogens (tertiary/aromatic N) is 1. The van der Waals surface area contributed by atoms with Gasteiger partial charge in [0.25, 0.3) is 0 Å². The van der Waals surface area contributed by atoms with Crippen molar-refractivity contribution in [2.45, 2.75) is 39.2 Å². The number of rotatable bonds is 5. The lowest BCUT2D eigenvalue weighted by Gasteiger charge is -2.41. The molecule has 2 aliphatic rings. The summed E-state index contributed by atoms with van der Waals surface area (Å²) in [6.07, 6.45) is 2.73. The van der Waals surface area contributed by atoms with Gasteiger partial charge < -0.3 is 14.2 Å². The lowest BCUT2D eigenvalue weighted by Crippen LogP contribution is -2.51. The number of carbonyl (C=O) groups excluding carboxylic acids is 1. The maximum atomic E-state index is 12.4. The van der Waals surface area contributed by atoms with Gasteiger partial charge in [0.05, 0.1) is 12.0 Å². The minimum absolute atomic E-state index is 0.00486. The fourth-order valence-corrected chi connectivity index (χ4v) is 3.71. The molecule has 1 aromatic carbocycles. The molecule has 0 saturated carbocycles. The molecular formula is C19H27NO4. The molecule has 0 aromatic heterocycles. The van der Waals surface area contributed by atoms with Crippen LogP contribution in [0.3, 0.4) is 0 Å². The van der Waals surface area contributed by atoms with Crippen molar-refractivity contribution in [2.75, 3.05) is 32.8 Å². The van der Waals surface area contributed by atoms with E-state index in [4.69, 9.17) is 14.2 Å². The van der Waals surface area contributed by atoms with Crippen LogP contribution in [0.15, 0.2) is 24.3 Å². The fourth-order valence-electron chi connectivity index (χ4n) is 3.71. The predicted molar refractivity (Wildman–Crippen MR) is 91.4 cm³/mol. The zero-order valence-electron chi connectivity index (χ0n) is 14.6. The van der Waals surface area contributed by atoms with E-state index in [1.54, 1.807) is 0 Å². The Balaban J connectivity index is 1.62. The Bertz CT molecular complexity index is 576. The smallest absolute Gasteiger partial charge is 0.313 e. The van der Waals surface area contributed by atoms with Crippen molar-refractivity contribution in [3.8, 4) is 11.5 Å². The van der Waals surface area contributed by atoms with E-state index in [0.717, 1.165) is 50.4 Å². The maximum absolute atomic E-state index is 12.4. The molecule has 0 radical (unpaired) electrons. The molecular weight excluding hydrogens is 306 g/mol. The third-order valence-corrected chi connectivity index (χ3v) is 5.07. The predicted octanol–water partition coefficient (Wildman–Crippen LogP) is 2.88. The summed E-state index contributed by atoms with van der Waals surface area (Å²) in [5.41, 5.74) is -0.373. The number of ether oxygens (including phenoxy) is 3. The Hall–Kier alpha value is -1.75. The average molecular weight is 333 g/mol. The lowest BCUT2D eigenvalue weighted by molar-refractivity contribution is -0.159. The Morgan fingerprint density at radius 1 is 1.33 bits per heavy atom. The first-order valence-electron chi connectivity index (χ1n) is 8.95. The van der Waals surface area contributed by atoms with Crippen LogP contribution in [0.25, 0.3) is 0 Å². The van der Waals surface area contributed by atoms with Gasteiger partial charge in [0.2, 0.25) is 0 Å². The van der Waals surface area contributed by atoms with E-state index in [2.05, 4.69) is 11.8 Å². The zero-order chi connectivity index (χ0) is 17.0. The topological polar surface area (TPSA) is 48.0 Å². The third kappa shape index (κ3) is 3.51. The quantitative estimate of drug-likeness (QED) is 0.776. The average Bonchev–Trinajstić information content (AvgIpc) is 2.62. The summed E-state index contributed by atoms with van der Waals surface area (Å²) in [7, 11) is 0. The molecule has 2 atom stereocenters. The van der Waals surface area contributed by atoms with Gasteiger partial charge in [0.15, 0.2) is 11.5 Å². The van der Waals surface area contributed by atoms with Gasteiger partial charge in [-0.2, -0.15) is 0 Å². The molecule has 0 N–H and O–H groups in total. The molecule has 24 heavy (non-hydrogen) atoms. The molecule has 0 amide bonds. The Labute approximate surface area is 143 Å². The number of hydrogen-bond donors (Lipinski definition) is 0. The Morgan fingerprint density at radius 2 is 2.12 bits per heavy atom. The monoisotopic (exact) mass is 333 g/mol. The van der Waals surface area contributed by atoms with Crippen LogP contribution < -0.4 is 9.47 Å². The van der Waals surface area contributed by atoms with Gasteiger partial charge >= 0.3 is 5.97 Å². The van der Waals surface area contributed by atoms with Crippen molar-refractivity contribution >= 4 is 5.97 Å². The van der Waals surface area contributed by atoms with Crippen molar-refractivity contribution in [3.05, 3.63) is 24.3 Å². The Kier molecular flexibility index (Phi) is 5.29. The van der Waals surface area contributed by atoms with Gasteiger partial charge in [-0.15, -0.1) is 0 Å². The van der Waals surface area contributed by atoms with E-state index in [0.29, 0.717) is 13.2 Å². The highest BCUT2D eigenvalue weighted by Gasteiger charge is 2.42. The highest BCUT2D eigenvalue weighted by molar-refractivity contribution is 5.77. The van der Waals surface area contributed by atoms with Gasteiger partial charge in [-0.3, -0.25) is 9.69 Å². The molecule has 132 valence electrons. The molecule has 5 nitrogen and oxygen atoms in total. The molecule has 2 unspecified atom stereocenters. The van der Waals surface area contributed by atoms with E-state index in [1.165, 1.54) is 0 Å². The Morgan fingerprint density at radius 3 is 2.88 bits per heavy atom. The third-order valence-electron chi connectivity index (χ3n) is 5.07. The summed E-state index contributed by atoms with van der Waals surface area (Å²) in [4.78, 5) is 14.8. The second-order valence-corrected chi connectivity index (χ2v) is 6.69. The van der Waals surface area contributed by atoms with Crippen LogP contribution in [-0.2, 0) is 9.53 Å². The van der Waals surface area contributed by atoms with Crippen molar-refractivity contribution in [1.82, 2.24) is 4.90 Å². The van der Waals surface area contributed by atoms with Gasteiger partial charge in [0.1, 0.15) is 12.7 Å². The van der Waals surface area contributed by atoms with E-state index < -0.39 is 0 Å². The van der Waals surface area contributed by atoms with Crippen LogP contribution >= 0.6 is 0 Å². The minimum atomic E-state index is -0.373. The largest absolute Gasteiger partial charge is 0.486 e. The van der Waals surface area contributed by atoms with Crippen molar-refractivity contribution in [2.24, 2.45) is 5.41 Å². The summed E-state index contributed by atoms with van der Waals surface area (Å²) >= 11 is 0. The molecule has 1 saturated heterocycles. The number of fused-ring (bicyclic) bond motifs is 1. The summed E-state index contributed by atoms with van der Waals surface area (Å²) in [5.74, 6) is 1.56. The number of carbonyl (C=O) groups is 1. The summed E-state index contributed by atoms with van der Waals surface area (Å²) in [5, 5.41) is 0. The molecule has 1 aromatic rings. The molecule has 0 aliphatic carbocycles. The van der Waals surface area contributed by atoms with Crippen LogP contribution in [0.1, 0.15) is 33.1 Å². The zero-order valence-corrected chi connectivity index (χ0v) is 14.6. The van der Waals surface area contributed by atoms with Crippen LogP contribution in [0.5, 0.6) is 11.5 Å². The summed E-state index contributed by atoms with van der Waals surface area (Å²) in [6, 6.07) is 7.76. The minimum Gasteiger partial charge on any atom is -0.486 e. The van der Waals surface area contributed by atoms with Crippen molar-refractivity contribution in [3.63, 3.8) is 0 Å². The van der Waals surface area contributed by atoms with E-state index in [-0.39, 0.29) is 17.5 Å². The maximum Gasteiger partial charge on any atom is 0.313 e. The molecule has 5 heteroatoms. The highest BCUT2D eigenvalue weighted by Crippen LogP contribution is 2.36. The molecule has 0 bridgehead atoms. The van der Waals surface area contributed by atoms with Crippen molar-refractivity contribution < 1.29 is 19.0 Å². The molecule has 2 aliphatic heterocycles. The number of likely N-dealkylation sites (tertiary alicyclic amines) is 1. The second-order valence-electron chi connectivity index (χ2n) is 6.69. The molecule has 3 rings (SSSR count). The summed E-state index contributed by atoms with van der Waals surface area (Å²) in [6.45, 7) is 7.44. The van der Waals surface area contributed by atoms with Crippen molar-refractivity contribution in [1.29, 1.82) is 0 Å². The van der Waals surface area contributed by atoms with Gasteiger partial charge in [-0.1, -0.05) is 19.1 Å². The SMILES string of the molecule is CCOC(=O)C1(CC)CCCN(CC2COc3ccccc3O2)C1. The first kappa shape index (κ1) is 17.1. The standard InChI is InChI=1S/C19H27NO4/c1-3-19(18(21)22-4-2)10-7-11-20(14-19)12-15-13-23-16-8-5-6-9-17(16)24-15/h5-6,8-9,15H,3-4,7,10-14H2,1-2H3. The number of piperidine rings is 1. The van der Waals surface area contributed by atoms with Crippen LogP contribution in [0, 0.1) is 5.41 Å². The van der Waals surface area contributed by atoms with Gasteiger partial charge in [-0.25, -0.2) is 0 Å². The fraction of sp³-hybridized carbons (Fsp3) is 0.632. The highest BCUT2D eigenvalue weighted by atomic mass is 16.6. The molecule has 1 fully saturated rings. The second kappa shape index (κ2) is 7.43. The van der Waals surface area contributed by atoms with Gasteiger partial charge in [0, 0.05) is 13.1 Å². The van der Waals surface area contributed by atoms with E-state index in [1.807, 2.05) is 31.2 Å². The van der Waals surface area contributed by atoms with Crippen LogP contribution in [0.4, 0.5) is 0 Å². The molecule has 2 heterocycles. The van der Waals surface area contributed by atoms with Crippen LogP contribution in [-0.4, -0.2) is 49.8 Å². The molecule has 0 spiro atoms. The number of para-hydroxylation sites is 2. The van der Waals surface area contributed by atoms with E-state index in [9.17, 15) is 4.79 Å². The number of hydrogen-bond acceptors (Lipinski definition) is 5. The van der Waals surface area contributed by atoms with E-state index >= 15 is 0 Å².